The lowest BCUT2D eigenvalue weighted by molar-refractivity contribution is 0.602. The van der Waals surface area contributed by atoms with E-state index in [0.29, 0.717) is 24.0 Å². The van der Waals surface area contributed by atoms with E-state index in [9.17, 15) is 8.42 Å². The zero-order chi connectivity index (χ0) is 20.3. The number of H-pyrrole nitrogens is 1. The van der Waals surface area contributed by atoms with Gasteiger partial charge in [-0.15, -0.1) is 10.2 Å². The number of hydrogen-bond donors (Lipinski definition) is 2. The number of hydrogen-bond acceptors (Lipinski definition) is 7. The summed E-state index contributed by atoms with van der Waals surface area (Å²) in [4.78, 5) is 12.0. The van der Waals surface area contributed by atoms with Crippen molar-refractivity contribution in [1.29, 1.82) is 0 Å². The van der Waals surface area contributed by atoms with E-state index in [0.717, 1.165) is 16.7 Å². The van der Waals surface area contributed by atoms with Crippen LogP contribution in [-0.2, 0) is 16.4 Å². The van der Waals surface area contributed by atoms with Gasteiger partial charge in [0.2, 0.25) is 0 Å². The second kappa shape index (κ2) is 7.80. The third-order valence-corrected chi connectivity index (χ3v) is 5.42. The van der Waals surface area contributed by atoms with Crippen LogP contribution in [0.4, 0.5) is 5.82 Å². The number of benzene rings is 1. The van der Waals surface area contributed by atoms with Crippen molar-refractivity contribution in [1.82, 2.24) is 25.1 Å². The van der Waals surface area contributed by atoms with Crippen LogP contribution in [0, 0.1) is 0 Å². The molecule has 29 heavy (non-hydrogen) atoms. The van der Waals surface area contributed by atoms with E-state index in [2.05, 4.69) is 30.5 Å². The molecule has 0 aliphatic rings. The number of aromatic amines is 1. The number of anilines is 1. The van der Waals surface area contributed by atoms with E-state index >= 15 is 0 Å². The first-order valence-electron chi connectivity index (χ1n) is 8.82. The highest BCUT2D eigenvalue weighted by Crippen LogP contribution is 2.26. The molecule has 0 bridgehead atoms. The van der Waals surface area contributed by atoms with E-state index < -0.39 is 9.84 Å². The van der Waals surface area contributed by atoms with E-state index in [1.54, 1.807) is 42.9 Å². The minimum Gasteiger partial charge on any atom is -0.365 e. The Bertz CT molecular complexity index is 1220. The summed E-state index contributed by atoms with van der Waals surface area (Å²) in [5, 5.41) is 11.7. The maximum Gasteiger partial charge on any atom is 0.175 e. The predicted octanol–water partition coefficient (Wildman–Crippen LogP) is 2.94. The van der Waals surface area contributed by atoms with Gasteiger partial charge in [0.1, 0.15) is 5.82 Å². The maximum absolute atomic E-state index is 11.6. The average molecular weight is 406 g/mol. The average Bonchev–Trinajstić information content (AvgIpc) is 3.23. The SMILES string of the molecule is CS(=O)(=O)c1ccc(-c2nnc(-c3cccnc3NCc3cccnc3)[nH]2)cc1. The van der Waals surface area contributed by atoms with Crippen molar-refractivity contribution in [2.45, 2.75) is 11.4 Å². The molecule has 0 unspecified atom stereocenters. The van der Waals surface area contributed by atoms with Crippen LogP contribution in [0.2, 0.25) is 0 Å². The molecule has 9 heteroatoms. The molecule has 4 rings (SSSR count). The van der Waals surface area contributed by atoms with Crippen LogP contribution < -0.4 is 5.32 Å². The Morgan fingerprint density at radius 3 is 2.45 bits per heavy atom. The van der Waals surface area contributed by atoms with Gasteiger partial charge in [0.05, 0.1) is 10.5 Å². The van der Waals surface area contributed by atoms with E-state index in [1.165, 1.54) is 6.26 Å². The zero-order valence-electron chi connectivity index (χ0n) is 15.6. The summed E-state index contributed by atoms with van der Waals surface area (Å²) in [6.45, 7) is 0.575. The summed E-state index contributed by atoms with van der Waals surface area (Å²) in [7, 11) is -3.24. The smallest absolute Gasteiger partial charge is 0.175 e. The fraction of sp³-hybridized carbons (Fsp3) is 0.100. The molecular formula is C20H18N6O2S. The van der Waals surface area contributed by atoms with Gasteiger partial charge in [-0.3, -0.25) is 4.98 Å². The van der Waals surface area contributed by atoms with Crippen molar-refractivity contribution in [3.05, 3.63) is 72.7 Å². The van der Waals surface area contributed by atoms with Gasteiger partial charge in [-0.25, -0.2) is 13.4 Å². The molecule has 0 aliphatic carbocycles. The van der Waals surface area contributed by atoms with Gasteiger partial charge in [-0.05, 0) is 48.0 Å². The Kier molecular flexibility index (Phi) is 5.05. The first kappa shape index (κ1) is 18.8. The molecule has 0 radical (unpaired) electrons. The maximum atomic E-state index is 11.6. The molecule has 1 aromatic carbocycles. The van der Waals surface area contributed by atoms with E-state index in [4.69, 9.17) is 0 Å². The Morgan fingerprint density at radius 2 is 1.72 bits per heavy atom. The molecule has 3 heterocycles. The molecule has 146 valence electrons. The highest BCUT2D eigenvalue weighted by atomic mass is 32.2. The standard InChI is InChI=1S/C20H18N6O2S/c1-29(27,28)16-8-6-15(7-9-16)18-24-20(26-25-18)17-5-3-11-22-19(17)23-13-14-4-2-10-21-12-14/h2-12H,13H2,1H3,(H,22,23)(H,24,25,26). The van der Waals surface area contributed by atoms with Gasteiger partial charge >= 0.3 is 0 Å². The number of rotatable bonds is 6. The summed E-state index contributed by atoms with van der Waals surface area (Å²) in [6, 6.07) is 14.1. The topological polar surface area (TPSA) is 114 Å². The lowest BCUT2D eigenvalue weighted by Crippen LogP contribution is -2.03. The van der Waals surface area contributed by atoms with E-state index in [1.807, 2.05) is 24.3 Å². The van der Waals surface area contributed by atoms with Gasteiger partial charge in [0.25, 0.3) is 0 Å². The minimum atomic E-state index is -3.24. The summed E-state index contributed by atoms with van der Waals surface area (Å²) >= 11 is 0. The molecule has 8 nitrogen and oxygen atoms in total. The lowest BCUT2D eigenvalue weighted by Gasteiger charge is -2.08. The number of nitrogens with one attached hydrogen (secondary N) is 2. The number of sulfone groups is 1. The van der Waals surface area contributed by atoms with Crippen LogP contribution in [-0.4, -0.2) is 39.8 Å². The molecule has 0 aliphatic heterocycles. The quantitative estimate of drug-likeness (QED) is 0.506. The molecule has 0 saturated heterocycles. The lowest BCUT2D eigenvalue weighted by atomic mass is 10.2. The van der Waals surface area contributed by atoms with Crippen LogP contribution in [0.1, 0.15) is 5.56 Å². The first-order valence-corrected chi connectivity index (χ1v) is 10.7. The van der Waals surface area contributed by atoms with Crippen molar-refractivity contribution >= 4 is 15.7 Å². The first-order chi connectivity index (χ1) is 14.0. The molecule has 2 N–H and O–H groups in total. The molecule has 3 aromatic heterocycles. The summed E-state index contributed by atoms with van der Waals surface area (Å²) < 4.78 is 23.2. The Morgan fingerprint density at radius 1 is 0.966 bits per heavy atom. The molecule has 0 amide bonds. The number of pyridine rings is 2. The van der Waals surface area contributed by atoms with Crippen molar-refractivity contribution in [3.8, 4) is 22.8 Å². The fourth-order valence-electron chi connectivity index (χ4n) is 2.80. The second-order valence-electron chi connectivity index (χ2n) is 6.43. The molecular weight excluding hydrogens is 388 g/mol. The monoisotopic (exact) mass is 406 g/mol. The number of aromatic nitrogens is 5. The zero-order valence-corrected chi connectivity index (χ0v) is 16.4. The van der Waals surface area contributed by atoms with Crippen LogP contribution in [0.25, 0.3) is 22.8 Å². The van der Waals surface area contributed by atoms with E-state index in [-0.39, 0.29) is 4.90 Å². The molecule has 4 aromatic rings. The van der Waals surface area contributed by atoms with Crippen molar-refractivity contribution in [2.75, 3.05) is 11.6 Å². The second-order valence-corrected chi connectivity index (χ2v) is 8.45. The van der Waals surface area contributed by atoms with Crippen molar-refractivity contribution in [2.24, 2.45) is 0 Å². The summed E-state index contributed by atoms with van der Waals surface area (Å²) in [5.74, 6) is 1.78. The van der Waals surface area contributed by atoms with Crippen LogP contribution in [0.15, 0.2) is 72.0 Å². The summed E-state index contributed by atoms with van der Waals surface area (Å²) in [5.41, 5.74) is 2.56. The Hall–Kier alpha value is -3.59. The minimum absolute atomic E-state index is 0.259. The molecule has 0 spiro atoms. The highest BCUT2D eigenvalue weighted by Gasteiger charge is 2.13. The Balaban J connectivity index is 1.58. The highest BCUT2D eigenvalue weighted by molar-refractivity contribution is 7.90. The van der Waals surface area contributed by atoms with Gasteiger partial charge in [0.15, 0.2) is 21.5 Å². The largest absolute Gasteiger partial charge is 0.365 e. The molecule has 0 saturated carbocycles. The van der Waals surface area contributed by atoms with Gasteiger partial charge < -0.3 is 10.3 Å². The normalized spacial score (nSPS) is 11.3. The molecule has 0 fully saturated rings. The van der Waals surface area contributed by atoms with Gasteiger partial charge in [-0.1, -0.05) is 6.07 Å². The Labute approximate surface area is 168 Å². The van der Waals surface area contributed by atoms with Crippen LogP contribution in [0.3, 0.4) is 0 Å². The molecule has 0 atom stereocenters. The van der Waals surface area contributed by atoms with Crippen molar-refractivity contribution < 1.29 is 8.42 Å². The third kappa shape index (κ3) is 4.30. The van der Waals surface area contributed by atoms with Gasteiger partial charge in [0, 0.05) is 37.0 Å². The fourth-order valence-corrected chi connectivity index (χ4v) is 3.43. The predicted molar refractivity (Wildman–Crippen MR) is 110 cm³/mol. The number of nitrogens with zero attached hydrogens (tertiary/aromatic N) is 4. The van der Waals surface area contributed by atoms with Gasteiger partial charge in [-0.2, -0.15) is 0 Å². The van der Waals surface area contributed by atoms with Crippen LogP contribution >= 0.6 is 0 Å². The van der Waals surface area contributed by atoms with Crippen molar-refractivity contribution in [3.63, 3.8) is 0 Å². The van der Waals surface area contributed by atoms with Crippen LogP contribution in [0.5, 0.6) is 0 Å². The third-order valence-electron chi connectivity index (χ3n) is 4.29. The summed E-state index contributed by atoms with van der Waals surface area (Å²) in [6.07, 6.45) is 6.41.